The molecule has 106 valence electrons. The van der Waals surface area contributed by atoms with E-state index in [0.29, 0.717) is 5.92 Å². The fraction of sp³-hybridized carbons (Fsp3) is 0.600. The quantitative estimate of drug-likeness (QED) is 0.878. The summed E-state index contributed by atoms with van der Waals surface area (Å²) in [6.45, 7) is 5.03. The van der Waals surface area contributed by atoms with Crippen molar-refractivity contribution in [2.24, 2.45) is 5.92 Å². The molecule has 19 heavy (non-hydrogen) atoms. The summed E-state index contributed by atoms with van der Waals surface area (Å²) in [4.78, 5) is 2.39. The second kappa shape index (κ2) is 6.26. The Morgan fingerprint density at radius 1 is 1.21 bits per heavy atom. The highest BCUT2D eigenvalue weighted by Crippen LogP contribution is 2.30. The zero-order chi connectivity index (χ0) is 13.8. The third-order valence-corrected chi connectivity index (χ3v) is 4.01. The van der Waals surface area contributed by atoms with Crippen molar-refractivity contribution < 1.29 is 14.9 Å². The molecule has 1 aromatic rings. The Bertz CT molecular complexity index is 394. The minimum Gasteiger partial charge on any atom is -0.508 e. The number of benzene rings is 1. The first-order chi connectivity index (χ1) is 9.10. The van der Waals surface area contributed by atoms with Gasteiger partial charge in [0, 0.05) is 25.8 Å². The molecule has 1 unspecified atom stereocenters. The van der Waals surface area contributed by atoms with Crippen molar-refractivity contribution >= 4 is 0 Å². The highest BCUT2D eigenvalue weighted by molar-refractivity contribution is 5.38. The van der Waals surface area contributed by atoms with Crippen LogP contribution in [0.5, 0.6) is 11.5 Å². The smallest absolute Gasteiger partial charge is 0.119 e. The summed E-state index contributed by atoms with van der Waals surface area (Å²) in [6, 6.07) is 5.03. The predicted octanol–water partition coefficient (Wildman–Crippen LogP) is 2.52. The summed E-state index contributed by atoms with van der Waals surface area (Å²) in [5, 5.41) is 19.1. The number of hydrogen-bond acceptors (Lipinski definition) is 4. The van der Waals surface area contributed by atoms with E-state index in [1.165, 1.54) is 6.07 Å². The highest BCUT2D eigenvalue weighted by Gasteiger charge is 2.23. The molecule has 4 nitrogen and oxygen atoms in total. The number of phenols is 2. The number of likely N-dealkylation sites (tertiary alicyclic amines) is 1. The van der Waals surface area contributed by atoms with Gasteiger partial charge in [0.05, 0.1) is 0 Å². The Morgan fingerprint density at radius 3 is 2.32 bits per heavy atom. The van der Waals surface area contributed by atoms with Gasteiger partial charge in [0.1, 0.15) is 11.5 Å². The van der Waals surface area contributed by atoms with Gasteiger partial charge < -0.3 is 14.9 Å². The molecule has 0 saturated carbocycles. The van der Waals surface area contributed by atoms with E-state index in [1.54, 1.807) is 19.2 Å². The number of nitrogens with zero attached hydrogens (tertiary/aromatic N) is 1. The van der Waals surface area contributed by atoms with Crippen molar-refractivity contribution in [1.82, 2.24) is 4.90 Å². The first-order valence-electron chi connectivity index (χ1n) is 6.86. The Labute approximate surface area is 114 Å². The van der Waals surface area contributed by atoms with Gasteiger partial charge in [0.15, 0.2) is 0 Å². The SMILES string of the molecule is COCC1CCN(C(C)c2cc(O)cc(O)c2)CC1. The maximum atomic E-state index is 9.56. The molecule has 0 amide bonds. The van der Waals surface area contributed by atoms with Crippen LogP contribution in [-0.4, -0.2) is 41.9 Å². The summed E-state index contributed by atoms with van der Waals surface area (Å²) >= 11 is 0. The van der Waals surface area contributed by atoms with Crippen LogP contribution >= 0.6 is 0 Å². The second-order valence-electron chi connectivity index (χ2n) is 5.39. The molecule has 0 radical (unpaired) electrons. The summed E-state index contributed by atoms with van der Waals surface area (Å²) in [6.07, 6.45) is 2.28. The van der Waals surface area contributed by atoms with Crippen LogP contribution in [0.2, 0.25) is 0 Å². The molecule has 4 heteroatoms. The van der Waals surface area contributed by atoms with Crippen molar-refractivity contribution in [3.63, 3.8) is 0 Å². The van der Waals surface area contributed by atoms with Gasteiger partial charge in [-0.25, -0.2) is 0 Å². The molecule has 2 rings (SSSR count). The first kappa shape index (κ1) is 14.2. The minimum atomic E-state index is 0.121. The van der Waals surface area contributed by atoms with E-state index < -0.39 is 0 Å². The van der Waals surface area contributed by atoms with E-state index in [0.717, 1.165) is 38.1 Å². The molecule has 1 atom stereocenters. The van der Waals surface area contributed by atoms with Crippen LogP contribution in [0.15, 0.2) is 18.2 Å². The summed E-state index contributed by atoms with van der Waals surface area (Å²) in [5.74, 6) is 0.901. The standard InChI is InChI=1S/C15H23NO3/c1-11(13-7-14(17)9-15(18)8-13)16-5-3-12(4-6-16)10-19-2/h7-9,11-12,17-18H,3-6,10H2,1-2H3. The first-order valence-corrected chi connectivity index (χ1v) is 6.86. The Hall–Kier alpha value is -1.26. The van der Waals surface area contributed by atoms with Crippen LogP contribution < -0.4 is 0 Å². The van der Waals surface area contributed by atoms with Crippen LogP contribution in [0.4, 0.5) is 0 Å². The maximum Gasteiger partial charge on any atom is 0.119 e. The Kier molecular flexibility index (Phi) is 4.66. The van der Waals surface area contributed by atoms with Crippen LogP contribution in [-0.2, 0) is 4.74 Å². The predicted molar refractivity (Wildman–Crippen MR) is 74.4 cm³/mol. The Balaban J connectivity index is 1.98. The van der Waals surface area contributed by atoms with Gasteiger partial charge >= 0.3 is 0 Å². The molecule has 1 aromatic carbocycles. The monoisotopic (exact) mass is 265 g/mol. The Morgan fingerprint density at radius 2 is 1.79 bits per heavy atom. The van der Waals surface area contributed by atoms with Gasteiger partial charge in [-0.05, 0) is 56.5 Å². The van der Waals surface area contributed by atoms with Crippen molar-refractivity contribution in [2.45, 2.75) is 25.8 Å². The van der Waals surface area contributed by atoms with E-state index in [9.17, 15) is 10.2 Å². The number of piperidine rings is 1. The molecule has 1 aliphatic heterocycles. The zero-order valence-electron chi connectivity index (χ0n) is 11.7. The number of aromatic hydroxyl groups is 2. The van der Waals surface area contributed by atoms with Gasteiger partial charge in [-0.15, -0.1) is 0 Å². The molecule has 1 fully saturated rings. The number of hydrogen-bond donors (Lipinski definition) is 2. The third-order valence-electron chi connectivity index (χ3n) is 4.01. The lowest BCUT2D eigenvalue weighted by Gasteiger charge is -2.36. The topological polar surface area (TPSA) is 52.9 Å². The van der Waals surface area contributed by atoms with E-state index in [4.69, 9.17) is 4.74 Å². The maximum absolute atomic E-state index is 9.56. The largest absolute Gasteiger partial charge is 0.508 e. The lowest BCUT2D eigenvalue weighted by molar-refractivity contribution is 0.0832. The zero-order valence-corrected chi connectivity index (χ0v) is 11.7. The van der Waals surface area contributed by atoms with Gasteiger partial charge in [0.2, 0.25) is 0 Å². The fourth-order valence-electron chi connectivity index (χ4n) is 2.81. The van der Waals surface area contributed by atoms with Gasteiger partial charge in [-0.2, -0.15) is 0 Å². The number of phenolic OH excluding ortho intramolecular Hbond substituents is 2. The molecule has 0 bridgehead atoms. The summed E-state index contributed by atoms with van der Waals surface area (Å²) in [7, 11) is 1.75. The lowest BCUT2D eigenvalue weighted by Crippen LogP contribution is -2.36. The molecule has 1 saturated heterocycles. The van der Waals surface area contributed by atoms with E-state index >= 15 is 0 Å². The average molecular weight is 265 g/mol. The molecule has 0 spiro atoms. The fourth-order valence-corrected chi connectivity index (χ4v) is 2.81. The minimum absolute atomic E-state index is 0.121. The van der Waals surface area contributed by atoms with Gasteiger partial charge in [0.25, 0.3) is 0 Å². The summed E-state index contributed by atoms with van der Waals surface area (Å²) in [5.41, 5.74) is 0.961. The van der Waals surface area contributed by atoms with Crippen molar-refractivity contribution in [2.75, 3.05) is 26.8 Å². The van der Waals surface area contributed by atoms with Crippen LogP contribution in [0.1, 0.15) is 31.4 Å². The average Bonchev–Trinajstić information content (AvgIpc) is 2.38. The van der Waals surface area contributed by atoms with Gasteiger partial charge in [-0.1, -0.05) is 0 Å². The van der Waals surface area contributed by atoms with E-state index in [1.807, 2.05) is 0 Å². The third kappa shape index (κ3) is 3.61. The van der Waals surface area contributed by atoms with Crippen LogP contribution in [0, 0.1) is 5.92 Å². The summed E-state index contributed by atoms with van der Waals surface area (Å²) < 4.78 is 5.21. The van der Waals surface area contributed by atoms with Crippen molar-refractivity contribution in [3.8, 4) is 11.5 Å². The van der Waals surface area contributed by atoms with Crippen LogP contribution in [0.25, 0.3) is 0 Å². The van der Waals surface area contributed by atoms with Gasteiger partial charge in [-0.3, -0.25) is 4.90 Å². The van der Waals surface area contributed by atoms with E-state index in [-0.39, 0.29) is 17.5 Å². The number of methoxy groups -OCH3 is 1. The molecule has 1 aliphatic rings. The molecule has 1 heterocycles. The number of rotatable bonds is 4. The molecule has 0 aliphatic carbocycles. The number of ether oxygens (including phenoxy) is 1. The van der Waals surface area contributed by atoms with Crippen LogP contribution in [0.3, 0.4) is 0 Å². The van der Waals surface area contributed by atoms with Crippen molar-refractivity contribution in [3.05, 3.63) is 23.8 Å². The normalized spacial score (nSPS) is 19.5. The molecular formula is C15H23NO3. The second-order valence-corrected chi connectivity index (χ2v) is 5.39. The molecule has 2 N–H and O–H groups in total. The van der Waals surface area contributed by atoms with Crippen molar-refractivity contribution in [1.29, 1.82) is 0 Å². The molecular weight excluding hydrogens is 242 g/mol. The lowest BCUT2D eigenvalue weighted by atomic mass is 9.95. The highest BCUT2D eigenvalue weighted by atomic mass is 16.5. The molecule has 0 aromatic heterocycles. The van der Waals surface area contributed by atoms with E-state index in [2.05, 4.69) is 11.8 Å².